The quantitative estimate of drug-likeness (QED) is 0.120. The molecule has 0 aliphatic rings. The number of aliphatic hydroxyl groups is 1. The first-order chi connectivity index (χ1) is 19.3. The third kappa shape index (κ3) is 9.97. The predicted octanol–water partition coefficient (Wildman–Crippen LogP) is 0.00220. The molecule has 0 saturated carbocycles. The maximum atomic E-state index is 13.5. The van der Waals surface area contributed by atoms with Crippen LogP contribution in [0.25, 0.3) is 0 Å². The minimum absolute atomic E-state index is 0.230. The Morgan fingerprint density at radius 1 is 1.02 bits per heavy atom. The highest BCUT2D eigenvalue weighted by molar-refractivity contribution is 8.00. The number of aromatic hydroxyl groups is 2. The normalized spacial score (nSPS) is 13.7. The molecule has 4 atom stereocenters. The number of methoxy groups -OCH3 is 1. The van der Waals surface area contributed by atoms with Crippen LogP contribution in [0.5, 0.6) is 17.2 Å². The van der Waals surface area contributed by atoms with Crippen molar-refractivity contribution in [1.29, 1.82) is 0 Å². The molecule has 4 unspecified atom stereocenters. The third-order valence-corrected chi connectivity index (χ3v) is 7.11. The molecule has 0 aliphatic heterocycles. The second kappa shape index (κ2) is 15.4. The van der Waals surface area contributed by atoms with Gasteiger partial charge in [-0.25, -0.2) is 0 Å². The summed E-state index contributed by atoms with van der Waals surface area (Å²) in [7, 11) is 1.44. The van der Waals surface area contributed by atoms with Crippen LogP contribution in [0.15, 0.2) is 42.5 Å². The van der Waals surface area contributed by atoms with Crippen LogP contribution in [0.4, 0.5) is 0 Å². The fourth-order valence-electron chi connectivity index (χ4n) is 3.51. The van der Waals surface area contributed by atoms with E-state index in [1.165, 1.54) is 25.3 Å². The van der Waals surface area contributed by atoms with Crippen molar-refractivity contribution in [2.75, 3.05) is 19.4 Å². The Bertz CT molecular complexity index is 1260. The molecular formula is C26H31N3O11S. The van der Waals surface area contributed by atoms with Gasteiger partial charge in [-0.3, -0.25) is 24.0 Å². The smallest absolute Gasteiger partial charge is 0.322 e. The van der Waals surface area contributed by atoms with Gasteiger partial charge in [-0.2, -0.15) is 0 Å². The van der Waals surface area contributed by atoms with E-state index in [-0.39, 0.29) is 35.5 Å². The van der Waals surface area contributed by atoms with Crippen LogP contribution in [0, 0.1) is 0 Å². The lowest BCUT2D eigenvalue weighted by Gasteiger charge is -2.25. The van der Waals surface area contributed by atoms with E-state index in [1.807, 2.05) is 0 Å². The molecule has 15 heteroatoms. The van der Waals surface area contributed by atoms with Crippen molar-refractivity contribution in [2.45, 2.75) is 36.3 Å². The van der Waals surface area contributed by atoms with Crippen LogP contribution in [0.2, 0.25) is 0 Å². The summed E-state index contributed by atoms with van der Waals surface area (Å²) < 4.78 is 5.11. The second-order valence-electron chi connectivity index (χ2n) is 8.75. The Kier molecular flexibility index (Phi) is 12.4. The number of amides is 2. The molecule has 0 fully saturated rings. The Balaban J connectivity index is 2.34. The molecule has 2 amide bonds. The van der Waals surface area contributed by atoms with Gasteiger partial charge < -0.3 is 46.6 Å². The van der Waals surface area contributed by atoms with Gasteiger partial charge in [0.2, 0.25) is 11.8 Å². The lowest BCUT2D eigenvalue weighted by Crippen LogP contribution is -2.50. The van der Waals surface area contributed by atoms with Crippen LogP contribution < -0.4 is 21.1 Å². The van der Waals surface area contributed by atoms with Gasteiger partial charge in [0.05, 0.1) is 24.0 Å². The number of rotatable bonds is 16. The summed E-state index contributed by atoms with van der Waals surface area (Å²) in [5.41, 5.74) is 5.47. The minimum atomic E-state index is -1.49. The van der Waals surface area contributed by atoms with Crippen molar-refractivity contribution in [2.24, 2.45) is 5.73 Å². The molecule has 41 heavy (non-hydrogen) atoms. The molecule has 0 aliphatic carbocycles. The van der Waals surface area contributed by atoms with E-state index >= 15 is 0 Å². The fraction of sp³-hybridized carbons (Fsp3) is 0.346. The highest BCUT2D eigenvalue weighted by Gasteiger charge is 2.33. The molecular weight excluding hydrogens is 562 g/mol. The number of hydrogen-bond donors (Lipinski definition) is 8. The average molecular weight is 594 g/mol. The van der Waals surface area contributed by atoms with E-state index in [2.05, 4.69) is 10.6 Å². The summed E-state index contributed by atoms with van der Waals surface area (Å²) in [5.74, 6) is -5.83. The van der Waals surface area contributed by atoms with Crippen LogP contribution in [0.1, 0.15) is 34.9 Å². The number of carbonyl (C=O) groups excluding carboxylic acids is 3. The lowest BCUT2D eigenvalue weighted by molar-refractivity contribution is -0.139. The zero-order chi connectivity index (χ0) is 30.7. The summed E-state index contributed by atoms with van der Waals surface area (Å²) in [6.45, 7) is -0.766. The number of aliphatic carboxylic acids is 2. The van der Waals surface area contributed by atoms with Crippen molar-refractivity contribution < 1.29 is 54.2 Å². The van der Waals surface area contributed by atoms with Crippen molar-refractivity contribution in [3.8, 4) is 17.2 Å². The number of Topliss-reactive ketones (excluding diaryl/α,β-unsaturated/α-hetero) is 1. The predicted molar refractivity (Wildman–Crippen MR) is 146 cm³/mol. The number of aliphatic hydroxyl groups excluding tert-OH is 1. The van der Waals surface area contributed by atoms with Crippen LogP contribution >= 0.6 is 11.8 Å². The Morgan fingerprint density at radius 2 is 1.68 bits per heavy atom. The van der Waals surface area contributed by atoms with Gasteiger partial charge in [-0.15, -0.1) is 11.8 Å². The number of thioether (sulfide) groups is 1. The number of benzene rings is 2. The Labute approximate surface area is 238 Å². The zero-order valence-corrected chi connectivity index (χ0v) is 22.7. The summed E-state index contributed by atoms with van der Waals surface area (Å²) in [6, 6.07) is 6.65. The largest absolute Gasteiger partial charge is 0.508 e. The first-order valence-corrected chi connectivity index (χ1v) is 13.2. The van der Waals surface area contributed by atoms with Gasteiger partial charge in [-0.1, -0.05) is 12.1 Å². The van der Waals surface area contributed by atoms with Gasteiger partial charge in [0.25, 0.3) is 0 Å². The molecule has 2 aromatic carbocycles. The number of carboxylic acids is 2. The van der Waals surface area contributed by atoms with Crippen LogP contribution in [0.3, 0.4) is 0 Å². The van der Waals surface area contributed by atoms with Gasteiger partial charge in [0.1, 0.15) is 35.9 Å². The topological polar surface area (TPSA) is 246 Å². The molecule has 0 radical (unpaired) electrons. The molecule has 222 valence electrons. The lowest BCUT2D eigenvalue weighted by atomic mass is 9.99. The zero-order valence-electron chi connectivity index (χ0n) is 21.9. The number of nitrogens with one attached hydrogen (secondary N) is 2. The number of nitrogens with two attached hydrogens (primary N) is 1. The number of ketones is 1. The number of ether oxygens (including phenoxy) is 1. The number of phenolic OH excluding ortho intramolecular Hbond substituents is 2. The second-order valence-corrected chi connectivity index (χ2v) is 9.93. The molecule has 2 rings (SSSR count). The minimum Gasteiger partial charge on any atom is -0.508 e. The number of carbonyl (C=O) groups is 5. The average Bonchev–Trinajstić information content (AvgIpc) is 2.93. The summed E-state index contributed by atoms with van der Waals surface area (Å²) in [5, 5.41) is 52.0. The van der Waals surface area contributed by atoms with Gasteiger partial charge in [0.15, 0.2) is 5.78 Å². The highest BCUT2D eigenvalue weighted by atomic mass is 32.2. The fourth-order valence-corrected chi connectivity index (χ4v) is 4.77. The van der Waals surface area contributed by atoms with E-state index in [0.717, 1.165) is 23.9 Å². The summed E-state index contributed by atoms with van der Waals surface area (Å²) in [4.78, 5) is 60.6. The first kappa shape index (κ1) is 32.9. The van der Waals surface area contributed by atoms with E-state index in [1.54, 1.807) is 12.1 Å². The van der Waals surface area contributed by atoms with Crippen LogP contribution in [-0.2, 0) is 19.2 Å². The number of hydrogen-bond acceptors (Lipinski definition) is 11. The third-order valence-electron chi connectivity index (χ3n) is 5.76. The van der Waals surface area contributed by atoms with Gasteiger partial charge >= 0.3 is 11.9 Å². The van der Waals surface area contributed by atoms with Crippen molar-refractivity contribution >= 4 is 41.3 Å². The molecule has 0 aromatic heterocycles. The standard InChI is InChI=1S/C26H31N3O11S/c1-40-15-5-2-13(3-6-15)22(35)24(23(36)16-7-4-14(30)10-19(16)31)41-12-18(25(37)28-11-21(33)34)29-20(32)9-8-17(27)26(38)39/h2-7,10,17-18,22,24,30-31,35H,8-9,11-12,27H2,1H3,(H,28,37)(H,29,32)(H,33,34)(H,38,39). The van der Waals surface area contributed by atoms with E-state index in [4.69, 9.17) is 20.7 Å². The van der Waals surface area contributed by atoms with E-state index in [9.17, 15) is 39.3 Å². The monoisotopic (exact) mass is 593 g/mol. The molecule has 9 N–H and O–H groups in total. The van der Waals surface area contributed by atoms with Gasteiger partial charge in [-0.05, 0) is 36.2 Å². The van der Waals surface area contributed by atoms with Crippen molar-refractivity contribution in [1.82, 2.24) is 10.6 Å². The molecule has 0 saturated heterocycles. The van der Waals surface area contributed by atoms with E-state index < -0.39 is 65.3 Å². The molecule has 0 bridgehead atoms. The summed E-state index contributed by atoms with van der Waals surface area (Å²) >= 11 is 0.746. The molecule has 0 spiro atoms. The van der Waals surface area contributed by atoms with Crippen molar-refractivity contribution in [3.05, 3.63) is 53.6 Å². The Hall–Kier alpha value is -4.34. The van der Waals surface area contributed by atoms with Crippen molar-refractivity contribution in [3.63, 3.8) is 0 Å². The highest BCUT2D eigenvalue weighted by Crippen LogP contribution is 2.34. The molecule has 14 nitrogen and oxygen atoms in total. The number of phenols is 2. The molecule has 0 heterocycles. The maximum absolute atomic E-state index is 13.5. The number of carboxylic acid groups (broad SMARTS) is 2. The van der Waals surface area contributed by atoms with E-state index in [0.29, 0.717) is 5.75 Å². The van der Waals surface area contributed by atoms with Gasteiger partial charge in [0, 0.05) is 18.2 Å². The van der Waals surface area contributed by atoms with Crippen LogP contribution in [-0.4, -0.2) is 91.8 Å². The molecule has 2 aromatic rings. The first-order valence-electron chi connectivity index (χ1n) is 12.1. The Morgan fingerprint density at radius 3 is 2.24 bits per heavy atom. The SMILES string of the molecule is COc1ccc(C(O)C(SCC(NC(=O)CCC(N)C(=O)O)C(=O)NCC(=O)O)C(=O)c2ccc(O)cc2O)cc1. The summed E-state index contributed by atoms with van der Waals surface area (Å²) in [6.07, 6.45) is -2.09. The maximum Gasteiger partial charge on any atom is 0.322 e.